The third-order valence-corrected chi connectivity index (χ3v) is 6.29. The summed E-state index contributed by atoms with van der Waals surface area (Å²) in [5.41, 5.74) is 5.16. The predicted molar refractivity (Wildman–Crippen MR) is 226 cm³/mol. The quantitative estimate of drug-likeness (QED) is 0.0857. The Hall–Kier alpha value is -6.78. The average Bonchev–Trinajstić information content (AvgIpc) is 3.08. The zero-order chi connectivity index (χ0) is 42.6. The Bertz CT molecular complexity index is 2000. The summed E-state index contributed by atoms with van der Waals surface area (Å²) in [6, 6.07) is 23.7. The molecular weight excluding hydrogens is 757 g/mol. The number of amides is 4. The third kappa shape index (κ3) is 25.2. The van der Waals surface area contributed by atoms with E-state index in [1.165, 1.54) is 63.1 Å². The second-order valence-electron chi connectivity index (χ2n) is 11.1. The summed E-state index contributed by atoms with van der Waals surface area (Å²) < 4.78 is 4.96. The summed E-state index contributed by atoms with van der Waals surface area (Å²) in [5, 5.41) is 21.8. The highest BCUT2D eigenvalue weighted by Gasteiger charge is 2.04. The van der Waals surface area contributed by atoms with Crippen LogP contribution in [-0.2, 0) is 19.2 Å². The molecule has 0 bridgehead atoms. The van der Waals surface area contributed by atoms with Gasteiger partial charge in [0, 0.05) is 72.6 Å². The second kappa shape index (κ2) is 27.8. The molecule has 0 saturated carbocycles. The lowest BCUT2D eigenvalue weighted by Crippen LogP contribution is -2.05. The predicted octanol–water partition coefficient (Wildman–Crippen LogP) is 9.07. The minimum atomic E-state index is -0.489. The van der Waals surface area contributed by atoms with Crippen LogP contribution >= 0.6 is 23.2 Å². The number of rotatable bonds is 6. The first-order valence-electron chi connectivity index (χ1n) is 16.3. The van der Waals surface area contributed by atoms with Crippen LogP contribution in [0.1, 0.15) is 45.7 Å². The molecule has 0 heterocycles. The van der Waals surface area contributed by atoms with Crippen molar-refractivity contribution in [2.45, 2.75) is 48.5 Å². The van der Waals surface area contributed by atoms with Crippen molar-refractivity contribution < 1.29 is 28.8 Å². The normalized spacial score (nSPS) is 8.66. The zero-order valence-corrected chi connectivity index (χ0v) is 33.7. The minimum Gasteiger partial charge on any atom is -0.497 e. The minimum absolute atomic E-state index is 0.00843. The van der Waals surface area contributed by atoms with Gasteiger partial charge in [0.1, 0.15) is 5.75 Å². The maximum atomic E-state index is 10.7. The van der Waals surface area contributed by atoms with Crippen LogP contribution < -0.4 is 26.0 Å². The van der Waals surface area contributed by atoms with Gasteiger partial charge in [0.25, 0.3) is 5.69 Å². The lowest BCUT2D eigenvalue weighted by Gasteiger charge is -2.04. The van der Waals surface area contributed by atoms with E-state index in [4.69, 9.17) is 34.4 Å². The van der Waals surface area contributed by atoms with Crippen LogP contribution in [0.4, 0.5) is 28.4 Å². The Labute approximate surface area is 337 Å². The number of methoxy groups -OCH3 is 1. The summed E-state index contributed by atoms with van der Waals surface area (Å²) in [5.74, 6) is 12.3. The summed E-state index contributed by atoms with van der Waals surface area (Å²) in [7, 11) is 1.60. The van der Waals surface area contributed by atoms with Gasteiger partial charge in [0.2, 0.25) is 23.6 Å². The van der Waals surface area contributed by atoms with Gasteiger partial charge in [0.05, 0.1) is 12.0 Å². The van der Waals surface area contributed by atoms with Gasteiger partial charge in [-0.05, 0) is 122 Å². The number of benzene rings is 4. The number of halogens is 2. The number of hydrogen-bond acceptors (Lipinski definition) is 7. The van der Waals surface area contributed by atoms with E-state index in [-0.39, 0.29) is 29.3 Å². The Morgan fingerprint density at radius 3 is 1.38 bits per heavy atom. The molecule has 0 unspecified atom stereocenters. The van der Waals surface area contributed by atoms with Gasteiger partial charge < -0.3 is 26.0 Å². The molecule has 0 radical (unpaired) electrons. The molecule has 0 saturated heterocycles. The van der Waals surface area contributed by atoms with E-state index in [0.717, 1.165) is 17.1 Å². The number of carbonyl (C=O) groups excluding carboxylic acids is 4. The molecule has 4 aromatic rings. The third-order valence-electron chi connectivity index (χ3n) is 5.86. The standard InChI is InChI=1S/C10H13NO.C9H11NO2.C8H7Cl2NO.C8H8N2O3.C7H4/c1-7-4-8(2)6-10(5-7)11-9(3)12;1-7(11)10-8-3-5-9(12-2)6-4-8;1-5(12)11-8-3-6(9)2-7(10)4-8;1-6(11)9-7-2-4-8(5-3-7)10(12)13;1-3-5-7-6-4-2/h4-6H,1-3H3,(H,11,12);3-6H,1-2H3,(H,10,11);2-4H,1H3,(H,11,12);2-5H,1H3,(H,9,11);1H,2H3. The summed E-state index contributed by atoms with van der Waals surface area (Å²) >= 11 is 11.4. The van der Waals surface area contributed by atoms with Crippen molar-refractivity contribution in [1.82, 2.24) is 0 Å². The molecule has 4 aromatic carbocycles. The van der Waals surface area contributed by atoms with Gasteiger partial charge in [0.15, 0.2) is 0 Å². The number of anilines is 4. The maximum absolute atomic E-state index is 10.7. The molecule has 0 atom stereocenters. The number of ether oxygens (including phenoxy) is 1. The van der Waals surface area contributed by atoms with E-state index < -0.39 is 4.92 Å². The lowest BCUT2D eigenvalue weighted by molar-refractivity contribution is -0.384. The van der Waals surface area contributed by atoms with Crippen molar-refractivity contribution in [3.05, 3.63) is 116 Å². The molecule has 0 aromatic heterocycles. The number of hydrogen-bond donors (Lipinski definition) is 4. The van der Waals surface area contributed by atoms with Crippen molar-refractivity contribution in [2.75, 3.05) is 28.4 Å². The molecule has 0 aliphatic carbocycles. The van der Waals surface area contributed by atoms with E-state index in [1.807, 2.05) is 26.0 Å². The first-order chi connectivity index (χ1) is 26.4. The fraction of sp³-hybridized carbons (Fsp3) is 0.190. The molecule has 4 N–H and O–H groups in total. The average molecular weight is 801 g/mol. The van der Waals surface area contributed by atoms with Crippen molar-refractivity contribution in [1.29, 1.82) is 0 Å². The molecule has 14 heteroatoms. The highest BCUT2D eigenvalue weighted by molar-refractivity contribution is 6.35. The summed E-state index contributed by atoms with van der Waals surface area (Å²) in [6.07, 6.45) is 4.78. The fourth-order valence-corrected chi connectivity index (χ4v) is 4.48. The highest BCUT2D eigenvalue weighted by atomic mass is 35.5. The first kappa shape index (κ1) is 49.2. The van der Waals surface area contributed by atoms with Gasteiger partial charge in [-0.2, -0.15) is 0 Å². The van der Waals surface area contributed by atoms with Crippen LogP contribution in [0.5, 0.6) is 5.75 Å². The zero-order valence-electron chi connectivity index (χ0n) is 32.2. The molecule has 12 nitrogen and oxygen atoms in total. The Morgan fingerprint density at radius 2 is 1.02 bits per heavy atom. The van der Waals surface area contributed by atoms with Crippen LogP contribution in [0.3, 0.4) is 0 Å². The number of non-ortho nitro benzene ring substituents is 1. The molecule has 56 heavy (non-hydrogen) atoms. The second-order valence-corrected chi connectivity index (χ2v) is 11.9. The van der Waals surface area contributed by atoms with Crippen LogP contribution in [-0.4, -0.2) is 35.7 Å². The summed E-state index contributed by atoms with van der Waals surface area (Å²) in [4.78, 5) is 52.3. The number of nitro groups is 1. The number of carbonyl (C=O) groups is 4. The fourth-order valence-electron chi connectivity index (χ4n) is 3.96. The van der Waals surface area contributed by atoms with Gasteiger partial charge in [-0.3, -0.25) is 29.3 Å². The van der Waals surface area contributed by atoms with Crippen LogP contribution in [0, 0.1) is 60.0 Å². The Balaban J connectivity index is 0.000000684. The largest absolute Gasteiger partial charge is 0.497 e. The first-order valence-corrected chi connectivity index (χ1v) is 17.0. The number of nitrogens with zero attached hydrogens (tertiary/aromatic N) is 1. The molecule has 0 aliphatic rings. The molecule has 4 amide bonds. The Morgan fingerprint density at radius 1 is 0.625 bits per heavy atom. The topological polar surface area (TPSA) is 169 Å². The number of nitro benzene ring substituents is 1. The monoisotopic (exact) mass is 799 g/mol. The molecule has 0 aliphatic heterocycles. The molecule has 4 rings (SSSR count). The smallest absolute Gasteiger partial charge is 0.269 e. The highest BCUT2D eigenvalue weighted by Crippen LogP contribution is 2.22. The van der Waals surface area contributed by atoms with Crippen LogP contribution in [0.2, 0.25) is 10.0 Å². The summed E-state index contributed by atoms with van der Waals surface area (Å²) in [6.45, 7) is 11.5. The van der Waals surface area contributed by atoms with E-state index in [2.05, 4.69) is 56.9 Å². The number of terminal acetylenes is 1. The van der Waals surface area contributed by atoms with Crippen molar-refractivity contribution in [2.24, 2.45) is 0 Å². The molecule has 0 spiro atoms. The lowest BCUT2D eigenvalue weighted by atomic mass is 10.1. The van der Waals surface area contributed by atoms with Gasteiger partial charge >= 0.3 is 0 Å². The SMILES string of the molecule is C#CC#CC#CC.CC(=O)Nc1cc(C)cc(C)c1.CC(=O)Nc1cc(Cl)cc(Cl)c1.CC(=O)Nc1ccc([N+](=O)[O-])cc1.COc1ccc(NC(C)=O)cc1. The Kier molecular flexibility index (Phi) is 24.4. The number of aryl methyl sites for hydroxylation is 2. The van der Waals surface area contributed by atoms with Gasteiger partial charge in [-0.25, -0.2) is 0 Å². The maximum Gasteiger partial charge on any atom is 0.269 e. The molecule has 292 valence electrons. The van der Waals surface area contributed by atoms with E-state index in [1.54, 1.807) is 56.5 Å². The van der Waals surface area contributed by atoms with Gasteiger partial charge in [-0.1, -0.05) is 35.2 Å². The van der Waals surface area contributed by atoms with E-state index in [9.17, 15) is 29.3 Å². The molecular formula is C42H43Cl2N5O7. The van der Waals surface area contributed by atoms with E-state index in [0.29, 0.717) is 21.4 Å². The van der Waals surface area contributed by atoms with E-state index >= 15 is 0 Å². The molecule has 0 fully saturated rings. The van der Waals surface area contributed by atoms with Crippen molar-refractivity contribution in [3.63, 3.8) is 0 Å². The number of nitrogens with one attached hydrogen (secondary N) is 4. The van der Waals surface area contributed by atoms with Gasteiger partial charge in [-0.15, -0.1) is 6.42 Å². The van der Waals surface area contributed by atoms with Crippen LogP contribution in [0.25, 0.3) is 0 Å². The van der Waals surface area contributed by atoms with Crippen molar-refractivity contribution >= 4 is 75.3 Å². The van der Waals surface area contributed by atoms with Crippen molar-refractivity contribution in [3.8, 4) is 41.8 Å². The van der Waals surface area contributed by atoms with Crippen LogP contribution in [0.15, 0.2) is 84.9 Å².